The minimum absolute atomic E-state index is 0.264. The van der Waals surface area contributed by atoms with Crippen molar-refractivity contribution < 1.29 is 24.6 Å². The number of nitrogens with two attached hydrogens (primary N) is 1. The molecule has 27 heavy (non-hydrogen) atoms. The Morgan fingerprint density at radius 1 is 0.889 bits per heavy atom. The molecular weight excluding hydrogens is 342 g/mol. The molecule has 148 valence electrons. The monoisotopic (exact) mass is 374 g/mol. The summed E-state index contributed by atoms with van der Waals surface area (Å²) in [5.74, 6) is 1.60. The average Bonchev–Trinajstić information content (AvgIpc) is 2.73. The second kappa shape index (κ2) is 10.9. The second-order valence-corrected chi connectivity index (χ2v) is 6.77. The van der Waals surface area contributed by atoms with Crippen molar-refractivity contribution in [1.82, 2.24) is 0 Å². The first-order valence-corrected chi connectivity index (χ1v) is 9.48. The fourth-order valence-corrected chi connectivity index (χ4v) is 2.77. The molecule has 2 aromatic rings. The van der Waals surface area contributed by atoms with E-state index in [2.05, 4.69) is 19.2 Å². The maximum atomic E-state index is 10.3. The Balaban J connectivity index is 2.11. The van der Waals surface area contributed by atoms with Crippen molar-refractivity contribution in [1.29, 1.82) is 0 Å². The number of aliphatic hydroxyl groups excluding tert-OH is 1. The van der Waals surface area contributed by atoms with E-state index in [0.717, 1.165) is 29.0 Å². The lowest BCUT2D eigenvalue weighted by molar-refractivity contribution is -0.692. The Morgan fingerprint density at radius 3 is 1.78 bits per heavy atom. The van der Waals surface area contributed by atoms with Gasteiger partial charge < -0.3 is 24.6 Å². The van der Waals surface area contributed by atoms with Crippen LogP contribution < -0.4 is 14.8 Å². The van der Waals surface area contributed by atoms with Crippen molar-refractivity contribution >= 4 is 0 Å². The summed E-state index contributed by atoms with van der Waals surface area (Å²) in [6.45, 7) is 5.21. The lowest BCUT2D eigenvalue weighted by Crippen LogP contribution is -2.91. The minimum Gasteiger partial charge on any atom is -0.497 e. The van der Waals surface area contributed by atoms with Crippen molar-refractivity contribution in [2.45, 2.75) is 38.5 Å². The highest BCUT2D eigenvalue weighted by molar-refractivity contribution is 5.36. The molecule has 5 heteroatoms. The molecule has 2 atom stereocenters. The summed E-state index contributed by atoms with van der Waals surface area (Å²) in [6.07, 6.45) is 0.298. The zero-order valence-electron chi connectivity index (χ0n) is 16.7. The first-order valence-electron chi connectivity index (χ1n) is 9.48. The molecule has 2 rings (SSSR count). The van der Waals surface area contributed by atoms with Gasteiger partial charge in [-0.3, -0.25) is 0 Å². The third-order valence-corrected chi connectivity index (χ3v) is 4.75. The maximum Gasteiger partial charge on any atom is 0.126 e. The largest absolute Gasteiger partial charge is 0.497 e. The van der Waals surface area contributed by atoms with E-state index >= 15 is 0 Å². The predicted molar refractivity (Wildman–Crippen MR) is 106 cm³/mol. The number of quaternary nitrogens is 1. The number of ether oxygens (including phenoxy) is 3. The molecule has 0 radical (unpaired) electrons. The van der Waals surface area contributed by atoms with Crippen LogP contribution in [0.2, 0.25) is 0 Å². The number of rotatable bonds is 11. The zero-order valence-corrected chi connectivity index (χ0v) is 16.7. The topological polar surface area (TPSA) is 64.5 Å². The van der Waals surface area contributed by atoms with E-state index in [-0.39, 0.29) is 12.7 Å². The first-order chi connectivity index (χ1) is 13.1. The Hall–Kier alpha value is -2.08. The quantitative estimate of drug-likeness (QED) is 0.634. The van der Waals surface area contributed by atoms with Gasteiger partial charge in [0.05, 0.1) is 26.9 Å². The highest BCUT2D eigenvalue weighted by Gasteiger charge is 2.18. The molecule has 0 heterocycles. The van der Waals surface area contributed by atoms with Crippen LogP contribution in [0.25, 0.3) is 0 Å². The number of aliphatic hydroxyl groups is 1. The Kier molecular flexibility index (Phi) is 8.58. The summed E-state index contributed by atoms with van der Waals surface area (Å²) in [6, 6.07) is 16.1. The van der Waals surface area contributed by atoms with Crippen LogP contribution in [0, 0.1) is 0 Å². The van der Waals surface area contributed by atoms with Crippen LogP contribution in [0.5, 0.6) is 11.5 Å². The van der Waals surface area contributed by atoms with Gasteiger partial charge in [-0.25, -0.2) is 0 Å². The summed E-state index contributed by atoms with van der Waals surface area (Å²) in [5, 5.41) is 12.5. The summed E-state index contributed by atoms with van der Waals surface area (Å²) >= 11 is 0. The van der Waals surface area contributed by atoms with Gasteiger partial charge in [0.15, 0.2) is 0 Å². The Labute approximate surface area is 162 Å². The second-order valence-electron chi connectivity index (χ2n) is 6.77. The van der Waals surface area contributed by atoms with Crippen molar-refractivity contribution in [3.8, 4) is 11.5 Å². The van der Waals surface area contributed by atoms with Crippen molar-refractivity contribution in [2.24, 2.45) is 0 Å². The van der Waals surface area contributed by atoms with E-state index in [1.165, 1.54) is 0 Å². The first kappa shape index (κ1) is 21.2. The third kappa shape index (κ3) is 6.54. The molecule has 0 bridgehead atoms. The molecule has 5 nitrogen and oxygen atoms in total. The van der Waals surface area contributed by atoms with Crippen LogP contribution in [-0.2, 0) is 4.74 Å². The SMILES string of the molecule is CC[C@@H](C)[NH2+]C[C@H](O)COC(c1ccc(OC)cc1)c1ccc(OC)cc1. The highest BCUT2D eigenvalue weighted by Crippen LogP contribution is 2.29. The molecule has 3 N–H and O–H groups in total. The van der Waals surface area contributed by atoms with Crippen molar-refractivity contribution in [2.75, 3.05) is 27.4 Å². The molecule has 0 saturated carbocycles. The van der Waals surface area contributed by atoms with Gasteiger partial charge >= 0.3 is 0 Å². The van der Waals surface area contributed by atoms with E-state index in [0.29, 0.717) is 12.6 Å². The minimum atomic E-state index is -0.516. The van der Waals surface area contributed by atoms with Crippen LogP contribution in [0.15, 0.2) is 48.5 Å². The van der Waals surface area contributed by atoms with Gasteiger partial charge in [0, 0.05) is 0 Å². The molecule has 0 saturated heterocycles. The summed E-state index contributed by atoms with van der Waals surface area (Å²) in [4.78, 5) is 0. The summed E-state index contributed by atoms with van der Waals surface area (Å²) in [7, 11) is 3.30. The molecule has 0 aliphatic heterocycles. The summed E-state index contributed by atoms with van der Waals surface area (Å²) in [5.41, 5.74) is 2.03. The zero-order chi connectivity index (χ0) is 19.6. The molecule has 0 spiro atoms. The van der Waals surface area contributed by atoms with E-state index in [9.17, 15) is 5.11 Å². The molecular formula is C22H32NO4+. The fraction of sp³-hybridized carbons (Fsp3) is 0.455. The standard InChI is InChI=1S/C22H31NO4/c1-5-16(2)23-14-19(24)15-27-22(17-6-10-20(25-3)11-7-17)18-8-12-21(26-4)13-9-18/h6-13,16,19,22-24H,5,14-15H2,1-4H3/p+1/t16-,19+/m1/s1. The molecule has 0 aliphatic carbocycles. The molecule has 0 unspecified atom stereocenters. The van der Waals surface area contributed by atoms with Gasteiger partial charge in [-0.1, -0.05) is 31.2 Å². The van der Waals surface area contributed by atoms with Gasteiger partial charge in [0.25, 0.3) is 0 Å². The van der Waals surface area contributed by atoms with Crippen LogP contribution >= 0.6 is 0 Å². The molecule has 0 aromatic heterocycles. The normalized spacial score (nSPS) is 13.4. The van der Waals surface area contributed by atoms with Crippen LogP contribution in [0.4, 0.5) is 0 Å². The van der Waals surface area contributed by atoms with Gasteiger partial charge in [-0.2, -0.15) is 0 Å². The molecule has 0 amide bonds. The van der Waals surface area contributed by atoms with E-state index < -0.39 is 6.10 Å². The maximum absolute atomic E-state index is 10.3. The fourth-order valence-electron chi connectivity index (χ4n) is 2.77. The van der Waals surface area contributed by atoms with Crippen molar-refractivity contribution in [3.63, 3.8) is 0 Å². The molecule has 0 fully saturated rings. The van der Waals surface area contributed by atoms with Crippen molar-refractivity contribution in [3.05, 3.63) is 59.7 Å². The van der Waals surface area contributed by atoms with Crippen LogP contribution in [0.3, 0.4) is 0 Å². The third-order valence-electron chi connectivity index (χ3n) is 4.75. The number of hydrogen-bond acceptors (Lipinski definition) is 4. The average molecular weight is 375 g/mol. The Morgan fingerprint density at radius 2 is 1.37 bits per heavy atom. The molecule has 2 aromatic carbocycles. The van der Waals surface area contributed by atoms with E-state index in [1.807, 2.05) is 48.5 Å². The smallest absolute Gasteiger partial charge is 0.126 e. The Bertz CT molecular complexity index is 610. The lowest BCUT2D eigenvalue weighted by Gasteiger charge is -2.21. The highest BCUT2D eigenvalue weighted by atomic mass is 16.5. The van der Waals surface area contributed by atoms with Crippen LogP contribution in [-0.4, -0.2) is 44.6 Å². The molecule has 0 aliphatic rings. The van der Waals surface area contributed by atoms with Crippen LogP contribution in [0.1, 0.15) is 37.5 Å². The number of methoxy groups -OCH3 is 2. The number of hydrogen-bond donors (Lipinski definition) is 2. The van der Waals surface area contributed by atoms with E-state index in [4.69, 9.17) is 14.2 Å². The van der Waals surface area contributed by atoms with E-state index in [1.54, 1.807) is 14.2 Å². The van der Waals surface area contributed by atoms with Gasteiger partial charge in [-0.05, 0) is 48.7 Å². The summed E-state index contributed by atoms with van der Waals surface area (Å²) < 4.78 is 16.6. The van der Waals surface area contributed by atoms with Gasteiger partial charge in [0.2, 0.25) is 0 Å². The predicted octanol–water partition coefficient (Wildman–Crippen LogP) is 2.53. The van der Waals surface area contributed by atoms with Gasteiger partial charge in [-0.15, -0.1) is 0 Å². The lowest BCUT2D eigenvalue weighted by atomic mass is 10.0. The number of benzene rings is 2. The van der Waals surface area contributed by atoms with Gasteiger partial charge in [0.1, 0.15) is 30.3 Å².